The molecule has 152 valence electrons. The Morgan fingerprint density at radius 1 is 1.17 bits per heavy atom. The number of rotatable bonds is 5. The second kappa shape index (κ2) is 7.42. The lowest BCUT2D eigenvalue weighted by atomic mass is 9.89. The molecule has 2 aromatic heterocycles. The number of hydrogen-bond donors (Lipinski definition) is 1. The molecule has 8 nitrogen and oxygen atoms in total. The lowest BCUT2D eigenvalue weighted by Gasteiger charge is -2.18. The molecule has 0 atom stereocenters. The Morgan fingerprint density at radius 3 is 2.83 bits per heavy atom. The topological polar surface area (TPSA) is 91.3 Å². The number of benzene rings is 1. The third kappa shape index (κ3) is 3.32. The molecule has 0 spiro atoms. The maximum absolute atomic E-state index is 13.1. The van der Waals surface area contributed by atoms with Crippen LogP contribution in [0.3, 0.4) is 0 Å². The molecule has 5 rings (SSSR count). The van der Waals surface area contributed by atoms with Crippen LogP contribution >= 0.6 is 0 Å². The van der Waals surface area contributed by atoms with Gasteiger partial charge in [-0.05, 0) is 31.4 Å². The number of nitrogens with zero attached hydrogens (tertiary/aromatic N) is 3. The van der Waals surface area contributed by atoms with E-state index in [0.29, 0.717) is 40.9 Å². The van der Waals surface area contributed by atoms with Crippen LogP contribution in [0, 0.1) is 0 Å². The number of aromatic nitrogens is 4. The zero-order valence-electron chi connectivity index (χ0n) is 16.4. The Kier molecular flexibility index (Phi) is 4.61. The van der Waals surface area contributed by atoms with Gasteiger partial charge in [0.25, 0.3) is 5.56 Å². The van der Waals surface area contributed by atoms with Crippen molar-refractivity contribution in [1.29, 1.82) is 0 Å². The first-order valence-corrected chi connectivity index (χ1v) is 10.3. The van der Waals surface area contributed by atoms with E-state index in [1.54, 1.807) is 22.8 Å². The van der Waals surface area contributed by atoms with Crippen molar-refractivity contribution < 1.29 is 14.2 Å². The van der Waals surface area contributed by atoms with E-state index in [1.807, 2.05) is 6.92 Å². The minimum Gasteiger partial charge on any atom is -0.454 e. The predicted molar refractivity (Wildman–Crippen MR) is 107 cm³/mol. The van der Waals surface area contributed by atoms with Crippen LogP contribution in [0.5, 0.6) is 23.3 Å². The van der Waals surface area contributed by atoms with E-state index in [-0.39, 0.29) is 18.4 Å². The lowest BCUT2D eigenvalue weighted by Crippen LogP contribution is -2.23. The van der Waals surface area contributed by atoms with Crippen LogP contribution in [0.2, 0.25) is 0 Å². The van der Waals surface area contributed by atoms with Gasteiger partial charge >= 0.3 is 6.01 Å². The largest absolute Gasteiger partial charge is 0.454 e. The van der Waals surface area contributed by atoms with Gasteiger partial charge in [-0.2, -0.15) is 4.98 Å². The summed E-state index contributed by atoms with van der Waals surface area (Å²) in [6.07, 6.45) is 6.66. The average Bonchev–Trinajstić information content (AvgIpc) is 3.38. The minimum atomic E-state index is -0.151. The summed E-state index contributed by atoms with van der Waals surface area (Å²) < 4.78 is 18.3. The van der Waals surface area contributed by atoms with Crippen molar-refractivity contribution in [2.45, 2.75) is 57.9 Å². The monoisotopic (exact) mass is 396 g/mol. The van der Waals surface area contributed by atoms with Crippen LogP contribution < -0.4 is 19.8 Å². The number of ether oxygens (including phenoxy) is 3. The van der Waals surface area contributed by atoms with Gasteiger partial charge in [-0.3, -0.25) is 9.36 Å². The highest BCUT2D eigenvalue weighted by atomic mass is 16.7. The van der Waals surface area contributed by atoms with Gasteiger partial charge in [0.2, 0.25) is 6.79 Å². The highest BCUT2D eigenvalue weighted by molar-refractivity contribution is 5.70. The second-order valence-corrected chi connectivity index (χ2v) is 7.62. The molecule has 0 radical (unpaired) electrons. The smallest absolute Gasteiger partial charge is 0.306 e. The van der Waals surface area contributed by atoms with E-state index < -0.39 is 0 Å². The SMILES string of the molecule is CCCn1c(Oc2ccc3c(c2)OCO3)nc2nc(C3CCCCC3)[nH]c2c1=O. The summed E-state index contributed by atoms with van der Waals surface area (Å²) in [4.78, 5) is 25.6. The van der Waals surface area contributed by atoms with Gasteiger partial charge in [0.15, 0.2) is 22.7 Å². The molecule has 1 N–H and O–H groups in total. The van der Waals surface area contributed by atoms with E-state index in [9.17, 15) is 4.79 Å². The average molecular weight is 396 g/mol. The van der Waals surface area contributed by atoms with Gasteiger partial charge < -0.3 is 19.2 Å². The first-order chi connectivity index (χ1) is 14.2. The summed E-state index contributed by atoms with van der Waals surface area (Å²) in [5, 5.41) is 0. The molecule has 0 unspecified atom stereocenters. The van der Waals surface area contributed by atoms with E-state index >= 15 is 0 Å². The first kappa shape index (κ1) is 18.0. The van der Waals surface area contributed by atoms with Crippen LogP contribution in [-0.2, 0) is 6.54 Å². The number of imidazole rings is 1. The normalized spacial score (nSPS) is 16.4. The third-order valence-electron chi connectivity index (χ3n) is 5.59. The maximum Gasteiger partial charge on any atom is 0.306 e. The van der Waals surface area contributed by atoms with Gasteiger partial charge in [0.1, 0.15) is 11.6 Å². The Morgan fingerprint density at radius 2 is 2.00 bits per heavy atom. The Bertz CT molecular complexity index is 1100. The molecule has 8 heteroatoms. The van der Waals surface area contributed by atoms with E-state index in [4.69, 9.17) is 14.2 Å². The molecular weight excluding hydrogens is 372 g/mol. The molecule has 0 amide bonds. The molecule has 29 heavy (non-hydrogen) atoms. The zero-order chi connectivity index (χ0) is 19.8. The van der Waals surface area contributed by atoms with E-state index in [0.717, 1.165) is 25.1 Å². The summed E-state index contributed by atoms with van der Waals surface area (Å²) in [5.41, 5.74) is 0.720. The van der Waals surface area contributed by atoms with Crippen molar-refractivity contribution in [3.8, 4) is 23.3 Å². The number of nitrogens with one attached hydrogen (secondary N) is 1. The Balaban J connectivity index is 1.54. The van der Waals surface area contributed by atoms with Crippen LogP contribution in [0.4, 0.5) is 0 Å². The predicted octanol–water partition coefficient (Wildman–Crippen LogP) is 4.10. The van der Waals surface area contributed by atoms with Gasteiger partial charge in [0.05, 0.1) is 0 Å². The molecule has 1 aliphatic heterocycles. The van der Waals surface area contributed by atoms with Crippen LogP contribution in [-0.4, -0.2) is 26.3 Å². The highest BCUT2D eigenvalue weighted by Crippen LogP contribution is 2.36. The lowest BCUT2D eigenvalue weighted by molar-refractivity contribution is 0.174. The molecule has 1 saturated carbocycles. The fourth-order valence-electron chi connectivity index (χ4n) is 4.10. The van der Waals surface area contributed by atoms with Gasteiger partial charge in [-0.1, -0.05) is 26.2 Å². The zero-order valence-corrected chi connectivity index (χ0v) is 16.4. The summed E-state index contributed by atoms with van der Waals surface area (Å²) in [7, 11) is 0. The summed E-state index contributed by atoms with van der Waals surface area (Å²) in [6.45, 7) is 2.72. The fraction of sp³-hybridized carbons (Fsp3) is 0.476. The summed E-state index contributed by atoms with van der Waals surface area (Å²) in [5.74, 6) is 3.07. The molecule has 1 aromatic carbocycles. The Labute approximate surface area is 167 Å². The number of fused-ring (bicyclic) bond motifs is 2. The summed E-state index contributed by atoms with van der Waals surface area (Å²) in [6, 6.07) is 5.55. The molecule has 0 bridgehead atoms. The van der Waals surface area contributed by atoms with Crippen LogP contribution in [0.25, 0.3) is 11.2 Å². The molecule has 1 aliphatic carbocycles. The molecular formula is C21H24N4O4. The summed E-state index contributed by atoms with van der Waals surface area (Å²) >= 11 is 0. The number of aromatic amines is 1. The van der Waals surface area contributed by atoms with Crippen molar-refractivity contribution in [2.24, 2.45) is 0 Å². The van der Waals surface area contributed by atoms with Crippen LogP contribution in [0.15, 0.2) is 23.0 Å². The molecule has 0 saturated heterocycles. The quantitative estimate of drug-likeness (QED) is 0.698. The molecule has 1 fully saturated rings. The van der Waals surface area contributed by atoms with Crippen molar-refractivity contribution in [1.82, 2.24) is 19.5 Å². The van der Waals surface area contributed by atoms with E-state index in [2.05, 4.69) is 15.0 Å². The number of hydrogen-bond acceptors (Lipinski definition) is 6. The molecule has 3 heterocycles. The van der Waals surface area contributed by atoms with Crippen molar-refractivity contribution in [2.75, 3.05) is 6.79 Å². The minimum absolute atomic E-state index is 0.151. The first-order valence-electron chi connectivity index (χ1n) is 10.3. The standard InChI is InChI=1S/C21H24N4O4/c1-2-10-25-20(26)17-19(23-18(22-17)13-6-4-3-5-7-13)24-21(25)29-14-8-9-15-16(11-14)28-12-27-15/h8-9,11,13H,2-7,10,12H2,1H3,(H,22,23). The third-order valence-corrected chi connectivity index (χ3v) is 5.59. The fourth-order valence-corrected chi connectivity index (χ4v) is 4.10. The van der Waals surface area contributed by atoms with Crippen molar-refractivity contribution in [3.05, 3.63) is 34.4 Å². The van der Waals surface area contributed by atoms with E-state index in [1.165, 1.54) is 19.3 Å². The van der Waals surface area contributed by atoms with Gasteiger partial charge in [-0.25, -0.2) is 4.98 Å². The van der Waals surface area contributed by atoms with Crippen molar-refractivity contribution >= 4 is 11.2 Å². The number of H-pyrrole nitrogens is 1. The Hall–Kier alpha value is -3.03. The second-order valence-electron chi connectivity index (χ2n) is 7.62. The van der Waals surface area contributed by atoms with Gasteiger partial charge in [-0.15, -0.1) is 0 Å². The highest BCUT2D eigenvalue weighted by Gasteiger charge is 2.23. The van der Waals surface area contributed by atoms with Gasteiger partial charge in [0, 0.05) is 18.5 Å². The molecule has 3 aromatic rings. The maximum atomic E-state index is 13.1. The van der Waals surface area contributed by atoms with Crippen molar-refractivity contribution in [3.63, 3.8) is 0 Å². The molecule has 2 aliphatic rings. The van der Waals surface area contributed by atoms with Crippen LogP contribution in [0.1, 0.15) is 57.2 Å².